The van der Waals surface area contributed by atoms with Crippen LogP contribution in [-0.2, 0) is 0 Å². The summed E-state index contributed by atoms with van der Waals surface area (Å²) in [5, 5.41) is 7.60. The topological polar surface area (TPSA) is 84.4 Å². The van der Waals surface area contributed by atoms with Crippen LogP contribution in [0.5, 0.6) is 11.5 Å². The third kappa shape index (κ3) is 6.87. The van der Waals surface area contributed by atoms with Crippen molar-refractivity contribution in [1.29, 1.82) is 0 Å². The fourth-order valence-corrected chi connectivity index (χ4v) is 4.83. The summed E-state index contributed by atoms with van der Waals surface area (Å²) in [6.07, 6.45) is 8.48. The van der Waals surface area contributed by atoms with Gasteiger partial charge in [0.1, 0.15) is 5.82 Å². The molecule has 0 atom stereocenters. The van der Waals surface area contributed by atoms with E-state index in [-0.39, 0.29) is 0 Å². The van der Waals surface area contributed by atoms with E-state index in [1.807, 2.05) is 48.5 Å². The van der Waals surface area contributed by atoms with Gasteiger partial charge in [-0.25, -0.2) is 4.98 Å². The number of hydrogen-bond donors (Lipinski definition) is 2. The second-order valence-electron chi connectivity index (χ2n) is 9.05. The molecule has 1 saturated heterocycles. The molecule has 9 heteroatoms. The van der Waals surface area contributed by atoms with Gasteiger partial charge < -0.3 is 25.0 Å². The average molecular weight is 564 g/mol. The van der Waals surface area contributed by atoms with Crippen molar-refractivity contribution in [1.82, 2.24) is 19.9 Å². The zero-order valence-electron chi connectivity index (χ0n) is 20.9. The smallest absolute Gasteiger partial charge is 0.229 e. The van der Waals surface area contributed by atoms with Gasteiger partial charge in [0.2, 0.25) is 5.95 Å². The number of ether oxygens (including phenoxy) is 2. The van der Waals surface area contributed by atoms with Gasteiger partial charge in [0.25, 0.3) is 0 Å². The van der Waals surface area contributed by atoms with Gasteiger partial charge in [0.15, 0.2) is 11.5 Å². The van der Waals surface area contributed by atoms with Gasteiger partial charge in [-0.1, -0.05) is 22.4 Å². The van der Waals surface area contributed by atoms with Crippen LogP contribution in [0.2, 0.25) is 0 Å². The van der Waals surface area contributed by atoms with Crippen LogP contribution in [0.4, 0.5) is 23.1 Å². The Morgan fingerprint density at radius 3 is 2.68 bits per heavy atom. The van der Waals surface area contributed by atoms with Crippen LogP contribution in [-0.4, -0.2) is 53.2 Å². The zero-order valence-corrected chi connectivity index (χ0v) is 22.5. The molecule has 2 N–H and O–H groups in total. The third-order valence-electron chi connectivity index (χ3n) is 6.32. The molecule has 2 aromatic heterocycles. The predicted molar refractivity (Wildman–Crippen MR) is 151 cm³/mol. The summed E-state index contributed by atoms with van der Waals surface area (Å²) in [5.74, 6) is 2.54. The Morgan fingerprint density at radius 1 is 0.919 bits per heavy atom. The lowest BCUT2D eigenvalue weighted by Gasteiger charge is -2.26. The molecule has 4 aromatic rings. The fourth-order valence-electron chi connectivity index (χ4n) is 4.45. The van der Waals surface area contributed by atoms with Gasteiger partial charge in [-0.2, -0.15) is 4.98 Å². The number of benzene rings is 2. The highest BCUT2D eigenvalue weighted by atomic mass is 79.9. The van der Waals surface area contributed by atoms with Crippen LogP contribution in [0.25, 0.3) is 10.9 Å². The summed E-state index contributed by atoms with van der Waals surface area (Å²) in [6, 6.07) is 15.6. The molecule has 0 unspecified atom stereocenters. The highest BCUT2D eigenvalue weighted by molar-refractivity contribution is 9.10. The normalized spacial score (nSPS) is 13.9. The third-order valence-corrected chi connectivity index (χ3v) is 6.81. The minimum absolute atomic E-state index is 0.471. The molecule has 8 nitrogen and oxygen atoms in total. The number of methoxy groups -OCH3 is 1. The molecule has 1 aliphatic heterocycles. The van der Waals surface area contributed by atoms with Crippen LogP contribution < -0.4 is 20.1 Å². The first-order valence-electron chi connectivity index (χ1n) is 12.6. The van der Waals surface area contributed by atoms with Crippen molar-refractivity contribution >= 4 is 50.0 Å². The number of hydrogen-bond acceptors (Lipinski definition) is 8. The Kier molecular flexibility index (Phi) is 8.32. The quantitative estimate of drug-likeness (QED) is 0.211. The van der Waals surface area contributed by atoms with Gasteiger partial charge in [-0.15, -0.1) is 0 Å². The molecule has 192 valence electrons. The summed E-state index contributed by atoms with van der Waals surface area (Å²) in [6.45, 7) is 4.16. The lowest BCUT2D eigenvalue weighted by Crippen LogP contribution is -2.31. The summed E-state index contributed by atoms with van der Waals surface area (Å²) in [7, 11) is 1.65. The van der Waals surface area contributed by atoms with E-state index in [1.54, 1.807) is 19.5 Å². The summed E-state index contributed by atoms with van der Waals surface area (Å²) < 4.78 is 12.6. The first kappa shape index (κ1) is 25.2. The lowest BCUT2D eigenvalue weighted by atomic mass is 10.1. The van der Waals surface area contributed by atoms with Crippen LogP contribution >= 0.6 is 15.9 Å². The number of nitrogens with one attached hydrogen (secondary N) is 2. The minimum atomic E-state index is 0.471. The monoisotopic (exact) mass is 562 g/mol. The molecule has 0 spiro atoms. The van der Waals surface area contributed by atoms with Crippen molar-refractivity contribution < 1.29 is 9.47 Å². The molecule has 2 aromatic carbocycles. The Labute approximate surface area is 225 Å². The fraction of sp³-hybridized carbons (Fsp3) is 0.321. The van der Waals surface area contributed by atoms with E-state index in [1.165, 1.54) is 32.4 Å². The van der Waals surface area contributed by atoms with Gasteiger partial charge in [0, 0.05) is 34.4 Å². The molecule has 37 heavy (non-hydrogen) atoms. The Morgan fingerprint density at radius 2 is 1.81 bits per heavy atom. The van der Waals surface area contributed by atoms with Crippen LogP contribution in [0.1, 0.15) is 25.7 Å². The van der Waals surface area contributed by atoms with E-state index in [2.05, 4.69) is 46.4 Å². The number of fused-ring (bicyclic) bond motifs is 1. The molecule has 0 saturated carbocycles. The molecular weight excluding hydrogens is 532 g/mol. The van der Waals surface area contributed by atoms with Gasteiger partial charge in [-0.05, 0) is 74.8 Å². The van der Waals surface area contributed by atoms with Gasteiger partial charge in [0.05, 0.1) is 31.1 Å². The lowest BCUT2D eigenvalue weighted by molar-refractivity contribution is 0.203. The maximum Gasteiger partial charge on any atom is 0.229 e. The Bertz CT molecular complexity index is 1350. The molecule has 5 rings (SSSR count). The Balaban J connectivity index is 1.20. The highest BCUT2D eigenvalue weighted by Crippen LogP contribution is 2.31. The molecule has 0 amide bonds. The predicted octanol–water partition coefficient (Wildman–Crippen LogP) is 6.54. The number of nitrogens with zero attached hydrogens (tertiary/aromatic N) is 4. The molecule has 0 bridgehead atoms. The van der Waals surface area contributed by atoms with Gasteiger partial charge in [-0.3, -0.25) is 4.98 Å². The van der Waals surface area contributed by atoms with E-state index in [9.17, 15) is 0 Å². The number of anilines is 4. The van der Waals surface area contributed by atoms with Gasteiger partial charge >= 0.3 is 0 Å². The first-order chi connectivity index (χ1) is 18.2. The maximum absolute atomic E-state index is 6.02. The molecule has 0 radical (unpaired) electrons. The molecule has 1 fully saturated rings. The van der Waals surface area contributed by atoms with Crippen molar-refractivity contribution in [3.63, 3.8) is 0 Å². The van der Waals surface area contributed by atoms with E-state index < -0.39 is 0 Å². The van der Waals surface area contributed by atoms with Crippen molar-refractivity contribution in [2.75, 3.05) is 44.0 Å². The van der Waals surface area contributed by atoms with E-state index in [0.29, 0.717) is 24.1 Å². The van der Waals surface area contributed by atoms with Crippen LogP contribution in [0.3, 0.4) is 0 Å². The summed E-state index contributed by atoms with van der Waals surface area (Å²) in [4.78, 5) is 16.0. The number of pyridine rings is 1. The average Bonchev–Trinajstić information content (AvgIpc) is 2.92. The van der Waals surface area contributed by atoms with E-state index >= 15 is 0 Å². The zero-order chi connectivity index (χ0) is 25.5. The summed E-state index contributed by atoms with van der Waals surface area (Å²) in [5.41, 5.74) is 2.59. The first-order valence-corrected chi connectivity index (χ1v) is 13.4. The van der Waals surface area contributed by atoms with Crippen molar-refractivity contribution in [3.8, 4) is 11.5 Å². The second kappa shape index (κ2) is 12.2. The molecule has 1 aliphatic rings. The van der Waals surface area contributed by atoms with Crippen LogP contribution in [0.15, 0.2) is 65.4 Å². The number of aromatic nitrogens is 3. The summed E-state index contributed by atoms with van der Waals surface area (Å²) >= 11 is 3.51. The van der Waals surface area contributed by atoms with Crippen molar-refractivity contribution in [3.05, 3.63) is 65.4 Å². The highest BCUT2D eigenvalue weighted by Gasteiger charge is 2.11. The Hall–Kier alpha value is -3.43. The van der Waals surface area contributed by atoms with E-state index in [4.69, 9.17) is 9.47 Å². The molecule has 3 heterocycles. The van der Waals surface area contributed by atoms with E-state index in [0.717, 1.165) is 45.5 Å². The van der Waals surface area contributed by atoms with Crippen molar-refractivity contribution in [2.45, 2.75) is 25.7 Å². The van der Waals surface area contributed by atoms with Crippen LogP contribution in [0, 0.1) is 0 Å². The SMILES string of the molecule is COc1cc(Nc2nccc(Nc3cnc4ccc(Br)cc4c3)n2)ccc1OCCCN1CCCCC1. The largest absolute Gasteiger partial charge is 0.493 e. The minimum Gasteiger partial charge on any atom is -0.493 e. The molecular formula is C28H31BrN6O2. The number of halogens is 1. The number of piperidine rings is 1. The second-order valence-corrected chi connectivity index (χ2v) is 9.96. The number of likely N-dealkylation sites (tertiary alicyclic amines) is 1. The maximum atomic E-state index is 6.02. The van der Waals surface area contributed by atoms with Crippen molar-refractivity contribution in [2.24, 2.45) is 0 Å². The molecule has 0 aliphatic carbocycles. The standard InChI is InChI=1S/C28H31BrN6O2/c1-36-26-18-22(7-9-25(26)37-15-5-14-35-12-3-2-4-13-35)33-28-30-11-10-27(34-28)32-23-17-20-16-21(29)6-8-24(20)31-19-23/h6-11,16-19H,2-5,12-15H2,1H3,(H2,30,32,33,34). The number of rotatable bonds is 10.